The van der Waals surface area contributed by atoms with Crippen LogP contribution in [0, 0.1) is 0 Å². The third-order valence-electron chi connectivity index (χ3n) is 9.37. The first-order valence-electron chi connectivity index (χ1n) is 17.2. The van der Waals surface area contributed by atoms with Crippen LogP contribution in [0.15, 0.2) is 48.8 Å². The van der Waals surface area contributed by atoms with E-state index < -0.39 is 11.6 Å². The van der Waals surface area contributed by atoms with Gasteiger partial charge in [-0.1, -0.05) is 59.6 Å². The Morgan fingerprint density at radius 2 is 1.58 bits per heavy atom. The molecular weight excluding hydrogens is 721 g/mol. The number of benzene rings is 2. The van der Waals surface area contributed by atoms with Crippen LogP contribution in [0.2, 0.25) is 10.0 Å². The summed E-state index contributed by atoms with van der Waals surface area (Å²) in [6.45, 7) is 4.80. The molecule has 278 valence electrons. The van der Waals surface area contributed by atoms with Gasteiger partial charge in [-0.2, -0.15) is 0 Å². The topological polar surface area (TPSA) is 173 Å². The average Bonchev–Trinajstić information content (AvgIpc) is 3.56. The van der Waals surface area contributed by atoms with Gasteiger partial charge in [0.15, 0.2) is 0 Å². The van der Waals surface area contributed by atoms with Crippen LogP contribution < -0.4 is 30.7 Å². The lowest BCUT2D eigenvalue weighted by atomic mass is 9.91. The van der Waals surface area contributed by atoms with E-state index in [9.17, 15) is 14.4 Å². The van der Waals surface area contributed by atoms with E-state index in [1.807, 2.05) is 43.3 Å². The van der Waals surface area contributed by atoms with Gasteiger partial charge in [-0.15, -0.1) is 0 Å². The van der Waals surface area contributed by atoms with Crippen molar-refractivity contribution in [1.82, 2.24) is 46.1 Å². The number of methoxy groups -OCH3 is 2. The van der Waals surface area contributed by atoms with E-state index >= 15 is 0 Å². The van der Waals surface area contributed by atoms with E-state index in [0.717, 1.165) is 25.8 Å². The third kappa shape index (κ3) is 8.84. The Balaban J connectivity index is 1.20. The zero-order valence-corrected chi connectivity index (χ0v) is 31.2. The van der Waals surface area contributed by atoms with Crippen LogP contribution in [0.25, 0.3) is 33.6 Å². The zero-order valence-electron chi connectivity index (χ0n) is 29.7. The molecule has 2 fully saturated rings. The molecule has 2 atom stereocenters. The number of aromatic nitrogens is 4. The minimum absolute atomic E-state index is 0.0730. The molecule has 53 heavy (non-hydrogen) atoms. The minimum Gasteiger partial charge on any atom is -0.480 e. The second-order valence-electron chi connectivity index (χ2n) is 13.3. The molecule has 2 aromatic carbocycles. The molecule has 0 radical (unpaired) electrons. The molecule has 14 nitrogen and oxygen atoms in total. The van der Waals surface area contributed by atoms with E-state index in [1.165, 1.54) is 0 Å². The van der Waals surface area contributed by atoms with Gasteiger partial charge in [0, 0.05) is 60.9 Å². The predicted octanol–water partition coefficient (Wildman–Crippen LogP) is 4.77. The van der Waals surface area contributed by atoms with E-state index in [2.05, 4.69) is 31.2 Å². The Hall–Kier alpha value is -4.89. The second kappa shape index (κ2) is 16.8. The van der Waals surface area contributed by atoms with Crippen LogP contribution in [0.3, 0.4) is 0 Å². The monoisotopic (exact) mass is 761 g/mol. The van der Waals surface area contributed by atoms with E-state index in [4.69, 9.17) is 47.6 Å². The Bertz CT molecular complexity index is 2000. The molecule has 4 amide bonds. The van der Waals surface area contributed by atoms with E-state index in [0.29, 0.717) is 106 Å². The van der Waals surface area contributed by atoms with Crippen molar-refractivity contribution in [3.05, 3.63) is 70.2 Å². The highest BCUT2D eigenvalue weighted by molar-refractivity contribution is 6.39. The van der Waals surface area contributed by atoms with Gasteiger partial charge in [-0.25, -0.2) is 14.8 Å². The molecule has 0 saturated carbocycles. The number of carbonyl (C=O) groups excluding carboxylic acids is 3. The van der Waals surface area contributed by atoms with Crippen molar-refractivity contribution in [2.45, 2.75) is 57.3 Å². The standard InChI is InChI=1S/C37H41Cl2N9O5/c1-37(47-36(51)43-21-49)13-6-14-48(20-37)19-30-35(53-3)46-28(18-42-30)26-10-5-8-24(33(26)39)23-7-4-9-25(32(23)38)27-17-41-29(34(45-27)52-2)16-40-15-22-11-12-31(50)44-22/h4-5,7-10,17-18,21-22,40H,6,11-16,19-20H2,1-3H3,(H,44,50)(H2,43,47,49,51). The molecule has 0 spiro atoms. The van der Waals surface area contributed by atoms with Crippen LogP contribution >= 0.6 is 23.2 Å². The normalized spacial score (nSPS) is 18.7. The number of hydrogen-bond acceptors (Lipinski definition) is 11. The Morgan fingerprint density at radius 3 is 2.17 bits per heavy atom. The summed E-state index contributed by atoms with van der Waals surface area (Å²) in [5, 5.41) is 12.2. The maximum Gasteiger partial charge on any atom is 0.321 e. The molecule has 2 aliphatic rings. The summed E-state index contributed by atoms with van der Waals surface area (Å²) in [6, 6.07) is 10.8. The predicted molar refractivity (Wildman–Crippen MR) is 201 cm³/mol. The summed E-state index contributed by atoms with van der Waals surface area (Å²) in [6.07, 6.45) is 6.67. The maximum absolute atomic E-state index is 12.0. The number of urea groups is 1. The van der Waals surface area contributed by atoms with Gasteiger partial charge < -0.3 is 25.4 Å². The van der Waals surface area contributed by atoms with Gasteiger partial charge in [0.2, 0.25) is 24.1 Å². The highest BCUT2D eigenvalue weighted by atomic mass is 35.5. The first-order chi connectivity index (χ1) is 25.6. The summed E-state index contributed by atoms with van der Waals surface area (Å²) in [4.78, 5) is 55.3. The van der Waals surface area contributed by atoms with Crippen molar-refractivity contribution in [1.29, 1.82) is 0 Å². The summed E-state index contributed by atoms with van der Waals surface area (Å²) >= 11 is 14.2. The molecule has 16 heteroatoms. The lowest BCUT2D eigenvalue weighted by molar-refractivity contribution is -0.119. The Morgan fingerprint density at radius 1 is 0.981 bits per heavy atom. The van der Waals surface area contributed by atoms with Gasteiger partial charge in [0.1, 0.15) is 11.4 Å². The number of nitrogens with zero attached hydrogens (tertiary/aromatic N) is 5. The molecule has 0 bridgehead atoms. The lowest BCUT2D eigenvalue weighted by Gasteiger charge is -2.40. The van der Waals surface area contributed by atoms with Gasteiger partial charge in [-0.05, 0) is 32.7 Å². The lowest BCUT2D eigenvalue weighted by Crippen LogP contribution is -2.58. The molecule has 4 N–H and O–H groups in total. The fraction of sp³-hybridized carbons (Fsp3) is 0.378. The number of piperidine rings is 1. The summed E-state index contributed by atoms with van der Waals surface area (Å²) in [5.41, 5.74) is 4.51. The van der Waals surface area contributed by atoms with Gasteiger partial charge in [-0.3, -0.25) is 29.8 Å². The number of amides is 4. The SMILES string of the molecule is COc1nc(-c2cccc(-c3cccc(-c4cnc(CN5CCCC(C)(NC(=O)NC=O)C5)c(OC)n4)c3Cl)c2Cl)cnc1CNCC1CCC(=O)N1. The van der Waals surface area contributed by atoms with Crippen molar-refractivity contribution in [2.24, 2.45) is 0 Å². The molecule has 2 unspecified atom stereocenters. The first-order valence-corrected chi connectivity index (χ1v) is 18.0. The largest absolute Gasteiger partial charge is 0.480 e. The van der Waals surface area contributed by atoms with Crippen molar-refractivity contribution >= 4 is 41.6 Å². The second-order valence-corrected chi connectivity index (χ2v) is 14.0. The molecule has 6 rings (SSSR count). The quantitative estimate of drug-likeness (QED) is 0.138. The summed E-state index contributed by atoms with van der Waals surface area (Å²) in [7, 11) is 3.09. The van der Waals surface area contributed by atoms with Crippen LogP contribution in [0.4, 0.5) is 4.79 Å². The Labute approximate surface area is 317 Å². The van der Waals surface area contributed by atoms with Crippen LogP contribution in [0.5, 0.6) is 11.8 Å². The molecular formula is C37H41Cl2N9O5. The van der Waals surface area contributed by atoms with Crippen molar-refractivity contribution < 1.29 is 23.9 Å². The first kappa shape index (κ1) is 37.9. The van der Waals surface area contributed by atoms with Gasteiger partial charge >= 0.3 is 6.03 Å². The maximum atomic E-state index is 12.0. The summed E-state index contributed by atoms with van der Waals surface area (Å²) < 4.78 is 11.3. The number of likely N-dealkylation sites (tertiary alicyclic amines) is 1. The van der Waals surface area contributed by atoms with Crippen LogP contribution in [-0.2, 0) is 22.7 Å². The fourth-order valence-electron chi connectivity index (χ4n) is 6.84. The van der Waals surface area contributed by atoms with Gasteiger partial charge in [0.05, 0.1) is 53.6 Å². The van der Waals surface area contributed by atoms with Crippen molar-refractivity contribution in [3.63, 3.8) is 0 Å². The van der Waals surface area contributed by atoms with E-state index in [-0.39, 0.29) is 11.9 Å². The fourth-order valence-corrected chi connectivity index (χ4v) is 7.49. The van der Waals surface area contributed by atoms with Crippen molar-refractivity contribution in [3.8, 4) is 45.4 Å². The minimum atomic E-state index is -0.529. The van der Waals surface area contributed by atoms with Crippen molar-refractivity contribution in [2.75, 3.05) is 33.9 Å². The highest BCUT2D eigenvalue weighted by Gasteiger charge is 2.33. The number of imide groups is 1. The number of rotatable bonds is 13. The molecule has 4 aromatic rings. The average molecular weight is 763 g/mol. The number of hydrogen-bond donors (Lipinski definition) is 4. The smallest absolute Gasteiger partial charge is 0.321 e. The molecule has 2 aromatic heterocycles. The number of carbonyl (C=O) groups is 3. The molecule has 0 aliphatic carbocycles. The van der Waals surface area contributed by atoms with Crippen LogP contribution in [0.1, 0.15) is 44.0 Å². The third-order valence-corrected chi connectivity index (χ3v) is 10.2. The van der Waals surface area contributed by atoms with E-state index in [1.54, 1.807) is 26.6 Å². The van der Waals surface area contributed by atoms with Gasteiger partial charge in [0.25, 0.3) is 0 Å². The highest BCUT2D eigenvalue weighted by Crippen LogP contribution is 2.42. The van der Waals surface area contributed by atoms with Crippen LogP contribution in [-0.4, -0.2) is 88.6 Å². The molecule has 4 heterocycles. The number of ether oxygens (including phenoxy) is 2. The number of halogens is 2. The molecule has 2 aliphatic heterocycles. The summed E-state index contributed by atoms with van der Waals surface area (Å²) in [5.74, 6) is 0.805. The molecule has 2 saturated heterocycles. The zero-order chi connectivity index (χ0) is 37.5. The number of nitrogens with one attached hydrogen (secondary N) is 4. The Kier molecular flexibility index (Phi) is 12.0.